The first-order valence-electron chi connectivity index (χ1n) is 9.06. The van der Waals surface area contributed by atoms with Crippen molar-refractivity contribution in [2.45, 2.75) is 39.8 Å². The van der Waals surface area contributed by atoms with Crippen molar-refractivity contribution in [3.05, 3.63) is 65.0 Å². The van der Waals surface area contributed by atoms with E-state index in [2.05, 4.69) is 49.3 Å². The monoisotopic (exact) mass is 355 g/mol. The summed E-state index contributed by atoms with van der Waals surface area (Å²) in [6.45, 7) is 7.72. The predicted octanol–water partition coefficient (Wildman–Crippen LogP) is 4.01. The molecule has 140 valence electrons. The Morgan fingerprint density at radius 2 is 2.08 bits per heavy atom. The Balaban J connectivity index is 2.12. The molecule has 0 bridgehead atoms. The number of carbonyl (C=O) groups excluding carboxylic acids is 1. The first-order chi connectivity index (χ1) is 12.5. The van der Waals surface area contributed by atoms with Gasteiger partial charge in [0.15, 0.2) is 0 Å². The number of aryl methyl sites for hydroxylation is 2. The minimum absolute atomic E-state index is 0.0168. The van der Waals surface area contributed by atoms with Gasteiger partial charge in [-0.25, -0.2) is 4.79 Å². The maximum absolute atomic E-state index is 12.9. The molecule has 1 heterocycles. The number of rotatable bonds is 8. The molecule has 1 N–H and O–H groups in total. The van der Waals surface area contributed by atoms with Crippen molar-refractivity contribution in [1.82, 2.24) is 15.2 Å². The molecule has 0 aliphatic rings. The van der Waals surface area contributed by atoms with Crippen LogP contribution in [-0.2, 0) is 11.3 Å². The van der Waals surface area contributed by atoms with Crippen molar-refractivity contribution < 1.29 is 9.53 Å². The molecule has 0 aliphatic heterocycles. The van der Waals surface area contributed by atoms with Crippen LogP contribution in [0.5, 0.6) is 0 Å². The Kier molecular flexibility index (Phi) is 7.60. The SMILES string of the molecule is CCC(NC(=O)N(CCOC)Cc1ccccn1)c1ccc(C)cc1C. The molecule has 1 atom stereocenters. The number of hydrogen-bond donors (Lipinski definition) is 1. The summed E-state index contributed by atoms with van der Waals surface area (Å²) in [6, 6.07) is 12.0. The number of methoxy groups -OCH3 is 1. The topological polar surface area (TPSA) is 54.5 Å². The molecule has 0 aliphatic carbocycles. The van der Waals surface area contributed by atoms with Crippen LogP contribution < -0.4 is 5.32 Å². The average molecular weight is 355 g/mol. The van der Waals surface area contributed by atoms with Gasteiger partial charge >= 0.3 is 6.03 Å². The highest BCUT2D eigenvalue weighted by molar-refractivity contribution is 5.74. The van der Waals surface area contributed by atoms with Crippen LogP contribution in [0.25, 0.3) is 0 Å². The number of carbonyl (C=O) groups is 1. The van der Waals surface area contributed by atoms with Crippen molar-refractivity contribution in [1.29, 1.82) is 0 Å². The number of nitrogens with one attached hydrogen (secondary N) is 1. The summed E-state index contributed by atoms with van der Waals surface area (Å²) < 4.78 is 5.17. The molecule has 0 radical (unpaired) electrons. The van der Waals surface area contributed by atoms with Gasteiger partial charge in [0.2, 0.25) is 0 Å². The molecule has 0 fully saturated rings. The van der Waals surface area contributed by atoms with Gasteiger partial charge in [0.1, 0.15) is 0 Å². The molecule has 2 aromatic rings. The average Bonchev–Trinajstić information content (AvgIpc) is 2.64. The van der Waals surface area contributed by atoms with E-state index in [4.69, 9.17) is 4.74 Å². The summed E-state index contributed by atoms with van der Waals surface area (Å²) >= 11 is 0. The summed E-state index contributed by atoms with van der Waals surface area (Å²) in [5, 5.41) is 3.18. The third kappa shape index (κ3) is 5.56. The second-order valence-electron chi connectivity index (χ2n) is 6.51. The lowest BCUT2D eigenvalue weighted by Crippen LogP contribution is -2.43. The van der Waals surface area contributed by atoms with Crippen LogP contribution in [0.2, 0.25) is 0 Å². The largest absolute Gasteiger partial charge is 0.383 e. The highest BCUT2D eigenvalue weighted by atomic mass is 16.5. The van der Waals surface area contributed by atoms with Gasteiger partial charge in [-0.05, 0) is 43.5 Å². The molecule has 2 rings (SSSR count). The van der Waals surface area contributed by atoms with E-state index in [1.807, 2.05) is 18.2 Å². The molecule has 5 nitrogen and oxygen atoms in total. The highest BCUT2D eigenvalue weighted by Crippen LogP contribution is 2.22. The van der Waals surface area contributed by atoms with Gasteiger partial charge in [-0.15, -0.1) is 0 Å². The fraction of sp³-hybridized carbons (Fsp3) is 0.429. The van der Waals surface area contributed by atoms with E-state index in [0.29, 0.717) is 19.7 Å². The van der Waals surface area contributed by atoms with Crippen molar-refractivity contribution in [3.63, 3.8) is 0 Å². The van der Waals surface area contributed by atoms with E-state index in [1.54, 1.807) is 18.2 Å². The van der Waals surface area contributed by atoms with Crippen molar-refractivity contribution in [2.24, 2.45) is 0 Å². The van der Waals surface area contributed by atoms with Crippen LogP contribution >= 0.6 is 0 Å². The molecule has 2 amide bonds. The Bertz CT molecular complexity index is 704. The maximum Gasteiger partial charge on any atom is 0.318 e. The van der Waals surface area contributed by atoms with Crippen LogP contribution in [0, 0.1) is 13.8 Å². The summed E-state index contributed by atoms with van der Waals surface area (Å²) in [6.07, 6.45) is 2.57. The number of benzene rings is 1. The Labute approximate surface area is 156 Å². The van der Waals surface area contributed by atoms with E-state index in [1.165, 1.54) is 11.1 Å². The quantitative estimate of drug-likeness (QED) is 0.778. The standard InChI is InChI=1S/C21H29N3O2/c1-5-20(19-10-9-16(2)14-17(19)3)23-21(25)24(12-13-26-4)15-18-8-6-7-11-22-18/h6-11,14,20H,5,12-13,15H2,1-4H3,(H,23,25). The lowest BCUT2D eigenvalue weighted by Gasteiger charge is -2.27. The number of amides is 2. The summed E-state index contributed by atoms with van der Waals surface area (Å²) in [7, 11) is 1.64. The minimum Gasteiger partial charge on any atom is -0.383 e. The summed E-state index contributed by atoms with van der Waals surface area (Å²) in [5.41, 5.74) is 4.45. The van der Waals surface area contributed by atoms with Gasteiger partial charge in [-0.1, -0.05) is 36.8 Å². The molecule has 0 saturated heterocycles. The zero-order chi connectivity index (χ0) is 18.9. The summed E-state index contributed by atoms with van der Waals surface area (Å²) in [5.74, 6) is 0. The highest BCUT2D eigenvalue weighted by Gasteiger charge is 2.20. The van der Waals surface area contributed by atoms with Crippen LogP contribution in [0.3, 0.4) is 0 Å². The minimum atomic E-state index is -0.0977. The molecular weight excluding hydrogens is 326 g/mol. The first kappa shape index (κ1) is 19.9. The van der Waals surface area contributed by atoms with Crippen molar-refractivity contribution >= 4 is 6.03 Å². The van der Waals surface area contributed by atoms with Crippen molar-refractivity contribution in [3.8, 4) is 0 Å². The van der Waals surface area contributed by atoms with Crippen LogP contribution in [-0.4, -0.2) is 36.2 Å². The van der Waals surface area contributed by atoms with Gasteiger partial charge in [0, 0.05) is 19.9 Å². The number of urea groups is 1. The number of aromatic nitrogens is 1. The predicted molar refractivity (Wildman–Crippen MR) is 104 cm³/mol. The number of pyridine rings is 1. The third-order valence-electron chi connectivity index (χ3n) is 4.44. The first-order valence-corrected chi connectivity index (χ1v) is 9.06. The van der Waals surface area contributed by atoms with Crippen LogP contribution in [0.15, 0.2) is 42.6 Å². The van der Waals surface area contributed by atoms with E-state index in [0.717, 1.165) is 17.7 Å². The summed E-state index contributed by atoms with van der Waals surface area (Å²) in [4.78, 5) is 19.0. The van der Waals surface area contributed by atoms with E-state index < -0.39 is 0 Å². The Hall–Kier alpha value is -2.40. The van der Waals surface area contributed by atoms with E-state index in [-0.39, 0.29) is 12.1 Å². The Morgan fingerprint density at radius 1 is 1.27 bits per heavy atom. The van der Waals surface area contributed by atoms with Crippen molar-refractivity contribution in [2.75, 3.05) is 20.3 Å². The normalized spacial score (nSPS) is 11.8. The van der Waals surface area contributed by atoms with Gasteiger partial charge in [-0.3, -0.25) is 4.98 Å². The molecule has 0 spiro atoms. The molecule has 1 aromatic heterocycles. The number of nitrogens with zero attached hydrogens (tertiary/aromatic N) is 2. The van der Waals surface area contributed by atoms with E-state index >= 15 is 0 Å². The molecule has 1 aromatic carbocycles. The van der Waals surface area contributed by atoms with Gasteiger partial charge in [-0.2, -0.15) is 0 Å². The van der Waals surface area contributed by atoms with Gasteiger partial charge < -0.3 is 15.0 Å². The van der Waals surface area contributed by atoms with Crippen LogP contribution in [0.1, 0.15) is 41.8 Å². The second-order valence-corrected chi connectivity index (χ2v) is 6.51. The molecule has 0 saturated carbocycles. The lowest BCUT2D eigenvalue weighted by molar-refractivity contribution is 0.144. The smallest absolute Gasteiger partial charge is 0.318 e. The fourth-order valence-electron chi connectivity index (χ4n) is 3.00. The zero-order valence-electron chi connectivity index (χ0n) is 16.2. The maximum atomic E-state index is 12.9. The third-order valence-corrected chi connectivity index (χ3v) is 4.44. The fourth-order valence-corrected chi connectivity index (χ4v) is 3.00. The lowest BCUT2D eigenvalue weighted by atomic mass is 9.97. The number of ether oxygens (including phenoxy) is 1. The molecular formula is C21H29N3O2. The van der Waals surface area contributed by atoms with Gasteiger partial charge in [0.25, 0.3) is 0 Å². The molecule has 5 heteroatoms. The molecule has 26 heavy (non-hydrogen) atoms. The zero-order valence-corrected chi connectivity index (χ0v) is 16.2. The molecule has 1 unspecified atom stereocenters. The second kappa shape index (κ2) is 9.92. The number of hydrogen-bond acceptors (Lipinski definition) is 3. The van der Waals surface area contributed by atoms with Crippen LogP contribution in [0.4, 0.5) is 4.79 Å². The Morgan fingerprint density at radius 3 is 2.69 bits per heavy atom. The van der Waals surface area contributed by atoms with E-state index in [9.17, 15) is 4.79 Å². The van der Waals surface area contributed by atoms with Gasteiger partial charge in [0.05, 0.1) is 24.9 Å².